The van der Waals surface area contributed by atoms with Crippen LogP contribution in [-0.4, -0.2) is 51.9 Å². The third-order valence-electron chi connectivity index (χ3n) is 4.09. The summed E-state index contributed by atoms with van der Waals surface area (Å²) in [6.07, 6.45) is 4.53. The van der Waals surface area contributed by atoms with E-state index in [0.29, 0.717) is 6.54 Å². The lowest BCUT2D eigenvalue weighted by molar-refractivity contribution is 0.0761. The zero-order chi connectivity index (χ0) is 16.2. The van der Waals surface area contributed by atoms with Crippen LogP contribution in [-0.2, 0) is 4.74 Å². The lowest BCUT2D eigenvalue weighted by Crippen LogP contribution is -2.32. The Morgan fingerprint density at radius 1 is 1.21 bits per heavy atom. The first-order valence-corrected chi connectivity index (χ1v) is 8.21. The van der Waals surface area contributed by atoms with Gasteiger partial charge in [-0.05, 0) is 25.1 Å². The lowest BCUT2D eigenvalue weighted by Gasteiger charge is -2.16. The van der Waals surface area contributed by atoms with E-state index in [1.165, 1.54) is 0 Å². The molecule has 1 atom stereocenters. The molecule has 0 radical (unpaired) electrons. The number of rotatable bonds is 4. The van der Waals surface area contributed by atoms with Gasteiger partial charge >= 0.3 is 0 Å². The molecule has 2 N–H and O–H groups in total. The minimum Gasteiger partial charge on any atom is -0.375 e. The van der Waals surface area contributed by atoms with Gasteiger partial charge in [-0.2, -0.15) is 0 Å². The van der Waals surface area contributed by atoms with Gasteiger partial charge in [-0.15, -0.1) is 0 Å². The summed E-state index contributed by atoms with van der Waals surface area (Å²) in [5.74, 6) is 0.738. The Hall–Kier alpha value is -2.51. The van der Waals surface area contributed by atoms with Crippen molar-refractivity contribution in [3.63, 3.8) is 0 Å². The second-order valence-electron chi connectivity index (χ2n) is 5.78. The number of para-hydroxylation sites is 1. The topological polar surface area (TPSA) is 76.9 Å². The van der Waals surface area contributed by atoms with Crippen molar-refractivity contribution < 1.29 is 4.74 Å². The normalized spacial score (nSPS) is 18.4. The van der Waals surface area contributed by atoms with Crippen molar-refractivity contribution in [3.8, 4) is 5.69 Å². The van der Waals surface area contributed by atoms with Crippen LogP contribution in [0.25, 0.3) is 16.9 Å². The number of anilines is 1. The van der Waals surface area contributed by atoms with Crippen LogP contribution in [0, 0.1) is 0 Å². The molecular formula is C17H20N6O. The first-order valence-electron chi connectivity index (χ1n) is 8.21. The smallest absolute Gasteiger partial charge is 0.170 e. The van der Waals surface area contributed by atoms with E-state index in [1.807, 2.05) is 34.9 Å². The molecule has 1 unspecified atom stereocenters. The second-order valence-corrected chi connectivity index (χ2v) is 5.78. The number of aromatic nitrogens is 4. The number of hydrogen-bond donors (Lipinski definition) is 2. The summed E-state index contributed by atoms with van der Waals surface area (Å²) >= 11 is 0. The van der Waals surface area contributed by atoms with Crippen LogP contribution in [0.3, 0.4) is 0 Å². The number of hydrogen-bond acceptors (Lipinski definition) is 6. The van der Waals surface area contributed by atoms with E-state index in [-0.39, 0.29) is 6.10 Å². The fraction of sp³-hybridized carbons (Fsp3) is 0.353. The van der Waals surface area contributed by atoms with Crippen molar-refractivity contribution in [2.75, 3.05) is 31.6 Å². The largest absolute Gasteiger partial charge is 0.375 e. The lowest BCUT2D eigenvalue weighted by atomic mass is 10.3. The number of ether oxygens (including phenoxy) is 1. The molecular weight excluding hydrogens is 304 g/mol. The molecule has 1 fully saturated rings. The molecule has 4 rings (SSSR count). The highest BCUT2D eigenvalue weighted by molar-refractivity contribution is 5.83. The summed E-state index contributed by atoms with van der Waals surface area (Å²) < 4.78 is 7.78. The molecule has 7 heteroatoms. The summed E-state index contributed by atoms with van der Waals surface area (Å²) in [5, 5.41) is 6.74. The van der Waals surface area contributed by atoms with E-state index < -0.39 is 0 Å². The predicted molar refractivity (Wildman–Crippen MR) is 92.4 cm³/mol. The molecule has 0 amide bonds. The van der Waals surface area contributed by atoms with Gasteiger partial charge in [-0.1, -0.05) is 18.2 Å². The Labute approximate surface area is 140 Å². The maximum atomic E-state index is 5.82. The molecule has 124 valence electrons. The van der Waals surface area contributed by atoms with E-state index in [0.717, 1.165) is 48.8 Å². The van der Waals surface area contributed by atoms with Crippen LogP contribution in [0.4, 0.5) is 5.82 Å². The van der Waals surface area contributed by atoms with Crippen molar-refractivity contribution >= 4 is 17.0 Å². The third kappa shape index (κ3) is 3.08. The van der Waals surface area contributed by atoms with Crippen LogP contribution in [0.2, 0.25) is 0 Å². The van der Waals surface area contributed by atoms with Crippen LogP contribution in [0.5, 0.6) is 0 Å². The van der Waals surface area contributed by atoms with Gasteiger partial charge in [0.15, 0.2) is 17.0 Å². The Morgan fingerprint density at radius 3 is 3.04 bits per heavy atom. The van der Waals surface area contributed by atoms with Gasteiger partial charge in [0, 0.05) is 25.4 Å². The van der Waals surface area contributed by atoms with E-state index in [2.05, 4.69) is 25.6 Å². The Balaban J connectivity index is 1.57. The quantitative estimate of drug-likeness (QED) is 0.759. The molecule has 2 aromatic heterocycles. The Morgan fingerprint density at radius 2 is 2.12 bits per heavy atom. The molecule has 0 spiro atoms. The maximum Gasteiger partial charge on any atom is 0.170 e. The molecule has 1 aliphatic rings. The average molecular weight is 324 g/mol. The summed E-state index contributed by atoms with van der Waals surface area (Å²) in [6.45, 7) is 3.34. The summed E-state index contributed by atoms with van der Waals surface area (Å²) in [6, 6.07) is 10.0. The summed E-state index contributed by atoms with van der Waals surface area (Å²) in [5.41, 5.74) is 2.59. The Kier molecular flexibility index (Phi) is 4.35. The number of benzene rings is 1. The van der Waals surface area contributed by atoms with E-state index in [4.69, 9.17) is 4.74 Å². The number of fused-ring (bicyclic) bond motifs is 1. The zero-order valence-corrected chi connectivity index (χ0v) is 13.4. The first kappa shape index (κ1) is 15.0. The average Bonchev–Trinajstić information content (AvgIpc) is 2.90. The molecule has 1 aliphatic heterocycles. The predicted octanol–water partition coefficient (Wildman–Crippen LogP) is 1.61. The second kappa shape index (κ2) is 6.94. The van der Waals surface area contributed by atoms with Crippen molar-refractivity contribution in [1.29, 1.82) is 0 Å². The third-order valence-corrected chi connectivity index (χ3v) is 4.09. The molecule has 24 heavy (non-hydrogen) atoms. The van der Waals surface area contributed by atoms with Gasteiger partial charge in [-0.25, -0.2) is 15.0 Å². The Bertz CT molecular complexity index is 795. The standard InChI is InChI=1S/C17H20N6O/c1-2-5-13(6-3-1)23-12-22-15-16(20-11-21-17(15)23)19-10-14-9-18-7-4-8-24-14/h1-3,5-6,11-12,14,18H,4,7-10H2,(H,19,20,21). The van der Waals surface area contributed by atoms with Gasteiger partial charge < -0.3 is 15.4 Å². The highest BCUT2D eigenvalue weighted by Crippen LogP contribution is 2.20. The summed E-state index contributed by atoms with van der Waals surface area (Å²) in [7, 11) is 0. The number of imidazole rings is 1. The minimum absolute atomic E-state index is 0.133. The van der Waals surface area contributed by atoms with Crippen LogP contribution in [0.15, 0.2) is 43.0 Å². The molecule has 1 saturated heterocycles. The molecule has 0 bridgehead atoms. The van der Waals surface area contributed by atoms with Crippen LogP contribution < -0.4 is 10.6 Å². The van der Waals surface area contributed by atoms with Crippen molar-refractivity contribution in [2.24, 2.45) is 0 Å². The highest BCUT2D eigenvalue weighted by Gasteiger charge is 2.15. The van der Waals surface area contributed by atoms with Crippen LogP contribution >= 0.6 is 0 Å². The zero-order valence-electron chi connectivity index (χ0n) is 13.4. The first-order chi connectivity index (χ1) is 11.9. The molecule has 3 aromatic rings. The molecule has 7 nitrogen and oxygen atoms in total. The fourth-order valence-corrected chi connectivity index (χ4v) is 2.85. The highest BCUT2D eigenvalue weighted by atomic mass is 16.5. The van der Waals surface area contributed by atoms with Gasteiger partial charge in [0.1, 0.15) is 12.7 Å². The molecule has 0 aliphatic carbocycles. The number of nitrogens with one attached hydrogen (secondary N) is 2. The van der Waals surface area contributed by atoms with Crippen molar-refractivity contribution in [1.82, 2.24) is 24.8 Å². The van der Waals surface area contributed by atoms with Gasteiger partial charge in [0.2, 0.25) is 0 Å². The maximum absolute atomic E-state index is 5.82. The SMILES string of the molecule is c1ccc(-n2cnc3c(NCC4CNCCCO4)ncnc32)cc1. The minimum atomic E-state index is 0.133. The fourth-order valence-electron chi connectivity index (χ4n) is 2.85. The van der Waals surface area contributed by atoms with E-state index in [1.54, 1.807) is 12.7 Å². The molecule has 0 saturated carbocycles. The monoisotopic (exact) mass is 324 g/mol. The van der Waals surface area contributed by atoms with Gasteiger partial charge in [0.05, 0.1) is 6.10 Å². The van der Waals surface area contributed by atoms with E-state index in [9.17, 15) is 0 Å². The van der Waals surface area contributed by atoms with Crippen molar-refractivity contribution in [2.45, 2.75) is 12.5 Å². The van der Waals surface area contributed by atoms with Gasteiger partial charge in [0.25, 0.3) is 0 Å². The molecule has 3 heterocycles. The van der Waals surface area contributed by atoms with Crippen LogP contribution in [0.1, 0.15) is 6.42 Å². The molecule has 1 aromatic carbocycles. The van der Waals surface area contributed by atoms with Crippen molar-refractivity contribution in [3.05, 3.63) is 43.0 Å². The summed E-state index contributed by atoms with van der Waals surface area (Å²) in [4.78, 5) is 13.2. The van der Waals surface area contributed by atoms with E-state index >= 15 is 0 Å². The van der Waals surface area contributed by atoms with Gasteiger partial charge in [-0.3, -0.25) is 4.57 Å². The number of nitrogens with zero attached hydrogens (tertiary/aromatic N) is 4.